The zero-order chi connectivity index (χ0) is 11.8. The lowest BCUT2D eigenvalue weighted by molar-refractivity contribution is 0.506. The zero-order valence-corrected chi connectivity index (χ0v) is 10.7. The molecule has 7 heteroatoms. The molecule has 0 amide bonds. The van der Waals surface area contributed by atoms with Crippen molar-refractivity contribution in [1.29, 1.82) is 0 Å². The molecular formula is C9H15N3O2S2. The predicted octanol–water partition coefficient (Wildman–Crippen LogP) is 0.937. The molecule has 2 N–H and O–H groups in total. The largest absolute Gasteiger partial charge is 0.383 e. The van der Waals surface area contributed by atoms with Crippen LogP contribution in [0, 0.1) is 0 Å². The summed E-state index contributed by atoms with van der Waals surface area (Å²) < 4.78 is 24.4. The highest BCUT2D eigenvalue weighted by Gasteiger charge is 2.31. The molecule has 0 bridgehead atoms. The monoisotopic (exact) mass is 261 g/mol. The minimum absolute atomic E-state index is 0.0868. The molecule has 2 rings (SSSR count). The SMILES string of the molecule is CCSc1cnn(C2CCS(=O)(=O)C2)c1N. The number of nitrogens with two attached hydrogens (primary N) is 1. The lowest BCUT2D eigenvalue weighted by atomic mass is 10.3. The molecular weight excluding hydrogens is 246 g/mol. The molecule has 0 aromatic carbocycles. The summed E-state index contributed by atoms with van der Waals surface area (Å²) in [7, 11) is -2.89. The first-order valence-electron chi connectivity index (χ1n) is 5.19. The van der Waals surface area contributed by atoms with Crippen molar-refractivity contribution in [3.8, 4) is 0 Å². The van der Waals surface area contributed by atoms with Crippen LogP contribution in [0.5, 0.6) is 0 Å². The first kappa shape index (κ1) is 11.8. The van der Waals surface area contributed by atoms with Crippen molar-refractivity contribution in [3.63, 3.8) is 0 Å². The van der Waals surface area contributed by atoms with E-state index in [9.17, 15) is 8.42 Å². The molecule has 1 saturated heterocycles. The number of nitrogen functional groups attached to an aromatic ring is 1. The molecule has 1 fully saturated rings. The van der Waals surface area contributed by atoms with Crippen molar-refractivity contribution in [2.75, 3.05) is 23.0 Å². The maximum atomic E-state index is 11.4. The van der Waals surface area contributed by atoms with E-state index < -0.39 is 9.84 Å². The van der Waals surface area contributed by atoms with Gasteiger partial charge in [-0.15, -0.1) is 11.8 Å². The van der Waals surface area contributed by atoms with Gasteiger partial charge in [0.1, 0.15) is 5.82 Å². The van der Waals surface area contributed by atoms with Crippen LogP contribution in [-0.2, 0) is 9.84 Å². The van der Waals surface area contributed by atoms with Crippen LogP contribution in [-0.4, -0.2) is 35.5 Å². The molecule has 1 aliphatic heterocycles. The molecule has 0 aliphatic carbocycles. The summed E-state index contributed by atoms with van der Waals surface area (Å²) >= 11 is 1.62. The second kappa shape index (κ2) is 4.29. The first-order chi connectivity index (χ1) is 7.53. The van der Waals surface area contributed by atoms with E-state index in [-0.39, 0.29) is 17.5 Å². The summed E-state index contributed by atoms with van der Waals surface area (Å²) in [4.78, 5) is 0.937. The van der Waals surface area contributed by atoms with E-state index in [1.807, 2.05) is 6.92 Å². The Kier molecular flexibility index (Phi) is 3.16. The molecule has 16 heavy (non-hydrogen) atoms. The molecule has 90 valence electrons. The Bertz CT molecular complexity index is 481. The van der Waals surface area contributed by atoms with Gasteiger partial charge in [0.25, 0.3) is 0 Å². The summed E-state index contributed by atoms with van der Waals surface area (Å²) in [5.41, 5.74) is 5.94. The van der Waals surface area contributed by atoms with Gasteiger partial charge in [-0.05, 0) is 12.2 Å². The summed E-state index contributed by atoms with van der Waals surface area (Å²) in [6.07, 6.45) is 2.33. The van der Waals surface area contributed by atoms with Gasteiger partial charge in [-0.25, -0.2) is 13.1 Å². The molecule has 1 unspecified atom stereocenters. The normalized spacial score (nSPS) is 23.7. The maximum Gasteiger partial charge on any atom is 0.152 e. The molecule has 0 spiro atoms. The van der Waals surface area contributed by atoms with Crippen molar-refractivity contribution >= 4 is 27.4 Å². The Balaban J connectivity index is 2.22. The number of aromatic nitrogens is 2. The average Bonchev–Trinajstić information content (AvgIpc) is 2.72. The lowest BCUT2D eigenvalue weighted by Crippen LogP contribution is -2.14. The van der Waals surface area contributed by atoms with Crippen LogP contribution in [0.2, 0.25) is 0 Å². The number of anilines is 1. The Morgan fingerprint density at radius 2 is 2.44 bits per heavy atom. The van der Waals surface area contributed by atoms with Gasteiger partial charge >= 0.3 is 0 Å². The quantitative estimate of drug-likeness (QED) is 0.819. The molecule has 1 atom stereocenters. The number of sulfone groups is 1. The van der Waals surface area contributed by atoms with Crippen LogP contribution < -0.4 is 5.73 Å². The van der Waals surface area contributed by atoms with E-state index in [1.54, 1.807) is 22.6 Å². The average molecular weight is 261 g/mol. The molecule has 1 aromatic rings. The van der Waals surface area contributed by atoms with Crippen molar-refractivity contribution < 1.29 is 8.42 Å². The first-order valence-corrected chi connectivity index (χ1v) is 8.00. The van der Waals surface area contributed by atoms with Crippen LogP contribution in [0.4, 0.5) is 5.82 Å². The highest BCUT2D eigenvalue weighted by molar-refractivity contribution is 7.99. The van der Waals surface area contributed by atoms with E-state index in [1.165, 1.54) is 0 Å². The van der Waals surface area contributed by atoms with Crippen molar-refractivity contribution in [2.45, 2.75) is 24.3 Å². The third-order valence-corrected chi connectivity index (χ3v) is 5.32. The Morgan fingerprint density at radius 3 is 3.00 bits per heavy atom. The van der Waals surface area contributed by atoms with Crippen LogP contribution >= 0.6 is 11.8 Å². The highest BCUT2D eigenvalue weighted by atomic mass is 32.2. The smallest absolute Gasteiger partial charge is 0.152 e. The molecule has 0 saturated carbocycles. The summed E-state index contributed by atoms with van der Waals surface area (Å²) in [5.74, 6) is 1.93. The van der Waals surface area contributed by atoms with Crippen LogP contribution in [0.15, 0.2) is 11.1 Å². The number of hydrogen-bond donors (Lipinski definition) is 1. The molecule has 1 aromatic heterocycles. The maximum absolute atomic E-state index is 11.4. The fraction of sp³-hybridized carbons (Fsp3) is 0.667. The van der Waals surface area contributed by atoms with Crippen LogP contribution in [0.1, 0.15) is 19.4 Å². The van der Waals surface area contributed by atoms with E-state index in [2.05, 4.69) is 5.10 Å². The minimum Gasteiger partial charge on any atom is -0.383 e. The number of nitrogens with zero attached hydrogens (tertiary/aromatic N) is 2. The second-order valence-corrected chi connectivity index (χ2v) is 7.36. The fourth-order valence-corrected chi connectivity index (χ4v) is 4.25. The third kappa shape index (κ3) is 2.20. The topological polar surface area (TPSA) is 78.0 Å². The second-order valence-electron chi connectivity index (χ2n) is 3.83. The summed E-state index contributed by atoms with van der Waals surface area (Å²) in [5, 5.41) is 4.19. The van der Waals surface area contributed by atoms with E-state index in [0.717, 1.165) is 10.6 Å². The molecule has 1 aliphatic rings. The highest BCUT2D eigenvalue weighted by Crippen LogP contribution is 2.30. The van der Waals surface area contributed by atoms with Gasteiger partial charge in [-0.3, -0.25) is 0 Å². The van der Waals surface area contributed by atoms with Gasteiger partial charge in [0.15, 0.2) is 9.84 Å². The third-order valence-electron chi connectivity index (χ3n) is 2.65. The Morgan fingerprint density at radius 1 is 1.69 bits per heavy atom. The van der Waals surface area contributed by atoms with Crippen LogP contribution in [0.25, 0.3) is 0 Å². The van der Waals surface area contributed by atoms with Crippen molar-refractivity contribution in [3.05, 3.63) is 6.20 Å². The van der Waals surface area contributed by atoms with Crippen LogP contribution in [0.3, 0.4) is 0 Å². The van der Waals surface area contributed by atoms with E-state index in [4.69, 9.17) is 5.73 Å². The van der Waals surface area contributed by atoms with Gasteiger partial charge in [-0.2, -0.15) is 5.10 Å². The Labute approximate surface area is 99.3 Å². The fourth-order valence-electron chi connectivity index (χ4n) is 1.88. The van der Waals surface area contributed by atoms with Gasteiger partial charge in [-0.1, -0.05) is 6.92 Å². The number of hydrogen-bond acceptors (Lipinski definition) is 5. The van der Waals surface area contributed by atoms with E-state index >= 15 is 0 Å². The molecule has 2 heterocycles. The Hall–Kier alpha value is -0.690. The standard InChI is InChI=1S/C9H15N3O2S2/c1-2-15-8-5-11-12(9(8)10)7-3-4-16(13,14)6-7/h5,7H,2-4,6,10H2,1H3. The number of rotatable bonds is 3. The van der Waals surface area contributed by atoms with Gasteiger partial charge in [0.2, 0.25) is 0 Å². The lowest BCUT2D eigenvalue weighted by Gasteiger charge is -2.10. The van der Waals surface area contributed by atoms with Crippen molar-refractivity contribution in [2.24, 2.45) is 0 Å². The van der Waals surface area contributed by atoms with Gasteiger partial charge in [0.05, 0.1) is 28.6 Å². The summed E-state index contributed by atoms with van der Waals surface area (Å²) in [6, 6.07) is -0.0868. The summed E-state index contributed by atoms with van der Waals surface area (Å²) in [6.45, 7) is 2.04. The van der Waals surface area contributed by atoms with Gasteiger partial charge in [0, 0.05) is 0 Å². The molecule has 0 radical (unpaired) electrons. The number of thioether (sulfide) groups is 1. The minimum atomic E-state index is -2.89. The zero-order valence-electron chi connectivity index (χ0n) is 9.09. The predicted molar refractivity (Wildman–Crippen MR) is 65.3 cm³/mol. The van der Waals surface area contributed by atoms with E-state index in [0.29, 0.717) is 12.2 Å². The molecule has 5 nitrogen and oxygen atoms in total. The van der Waals surface area contributed by atoms with Crippen molar-refractivity contribution in [1.82, 2.24) is 9.78 Å². The van der Waals surface area contributed by atoms with Gasteiger partial charge < -0.3 is 5.73 Å².